The molecule has 12 rings (SSSR count). The molecule has 0 aliphatic heterocycles. The van der Waals surface area contributed by atoms with Crippen molar-refractivity contribution in [1.82, 2.24) is 34.9 Å². The number of hydrogen-bond acceptors (Lipinski definition) is 7. The highest BCUT2D eigenvalue weighted by Gasteiger charge is 2.41. The standard InChI is InChI=1S/C49H31N7/c1-4-13-30(14-5-1)44-51-45(31-15-6-2-7-16-31)53-47(52-44)33-22-24-38-40(27-33)42-36-20-10-11-21-37(36)43(38)41-28-34(23-25-39(41)42)48-54-46(32-17-8-3-9-18-32)55-49(56-48)35-19-12-26-50-29-35/h1-29,42-43H. The Morgan fingerprint density at radius 1 is 0.268 bits per heavy atom. The Labute approximate surface area is 323 Å². The lowest BCUT2D eigenvalue weighted by Crippen LogP contribution is -2.27. The number of nitrogens with zero attached hydrogens (tertiary/aromatic N) is 7. The summed E-state index contributed by atoms with van der Waals surface area (Å²) < 4.78 is 0. The van der Waals surface area contributed by atoms with Gasteiger partial charge in [0, 0.05) is 57.6 Å². The van der Waals surface area contributed by atoms with Crippen molar-refractivity contribution in [3.05, 3.63) is 210 Å². The second-order valence-electron chi connectivity index (χ2n) is 14.1. The average Bonchev–Trinajstić information content (AvgIpc) is 3.29. The molecule has 0 spiro atoms. The SMILES string of the molecule is c1ccc(-c2nc(-c3ccccc3)nc(-c3ccc4c(c3)C3c5ccccc5C4c4cc(-c5nc(-c6ccccc6)nc(-c6cccnc6)n5)ccc43)n2)cc1. The summed E-state index contributed by atoms with van der Waals surface area (Å²) in [6, 6.07) is 56.5. The average molecular weight is 718 g/mol. The first-order chi connectivity index (χ1) is 27.7. The first kappa shape index (κ1) is 32.0. The number of aromatic nitrogens is 7. The fourth-order valence-corrected chi connectivity index (χ4v) is 8.28. The summed E-state index contributed by atoms with van der Waals surface area (Å²) in [6.07, 6.45) is 3.55. The van der Waals surface area contributed by atoms with Crippen LogP contribution in [0.25, 0.3) is 68.3 Å². The Bertz CT molecular complexity index is 2600. The summed E-state index contributed by atoms with van der Waals surface area (Å²) in [7, 11) is 0. The van der Waals surface area contributed by atoms with E-state index in [4.69, 9.17) is 29.9 Å². The van der Waals surface area contributed by atoms with Gasteiger partial charge in [0.25, 0.3) is 0 Å². The molecule has 3 heterocycles. The summed E-state index contributed by atoms with van der Waals surface area (Å²) in [5.74, 6) is 3.89. The lowest BCUT2D eigenvalue weighted by Gasteiger charge is -2.42. The van der Waals surface area contributed by atoms with Crippen LogP contribution < -0.4 is 0 Å². The molecule has 2 atom stereocenters. The minimum absolute atomic E-state index is 0.0431. The number of rotatable bonds is 6. The molecule has 0 fully saturated rings. The van der Waals surface area contributed by atoms with Crippen molar-refractivity contribution in [2.24, 2.45) is 0 Å². The molecule has 2 bridgehead atoms. The van der Waals surface area contributed by atoms with E-state index < -0.39 is 0 Å². The zero-order valence-electron chi connectivity index (χ0n) is 30.0. The van der Waals surface area contributed by atoms with Crippen molar-refractivity contribution >= 4 is 0 Å². The third-order valence-corrected chi connectivity index (χ3v) is 10.8. The minimum atomic E-state index is 0.0431. The second kappa shape index (κ2) is 13.1. The van der Waals surface area contributed by atoms with E-state index in [0.717, 1.165) is 33.4 Å². The lowest BCUT2D eigenvalue weighted by atomic mass is 9.61. The van der Waals surface area contributed by atoms with Gasteiger partial charge in [-0.2, -0.15) is 0 Å². The van der Waals surface area contributed by atoms with Gasteiger partial charge in [0.1, 0.15) is 0 Å². The van der Waals surface area contributed by atoms with Crippen LogP contribution in [0, 0.1) is 0 Å². The summed E-state index contributed by atoms with van der Waals surface area (Å²) in [4.78, 5) is 34.3. The van der Waals surface area contributed by atoms with Crippen LogP contribution in [0.15, 0.2) is 176 Å². The van der Waals surface area contributed by atoms with Crippen LogP contribution >= 0.6 is 0 Å². The lowest BCUT2D eigenvalue weighted by molar-refractivity contribution is 0.754. The van der Waals surface area contributed by atoms with E-state index in [1.807, 2.05) is 103 Å². The van der Waals surface area contributed by atoms with Crippen LogP contribution in [-0.4, -0.2) is 34.9 Å². The molecule has 0 amide bonds. The van der Waals surface area contributed by atoms with E-state index in [1.165, 1.54) is 33.4 Å². The van der Waals surface area contributed by atoms with E-state index in [-0.39, 0.29) is 11.8 Å². The van der Waals surface area contributed by atoms with Gasteiger partial charge >= 0.3 is 0 Å². The molecular formula is C49H31N7. The minimum Gasteiger partial charge on any atom is -0.264 e. The maximum Gasteiger partial charge on any atom is 0.165 e. The normalized spacial score (nSPS) is 14.8. The molecule has 3 aliphatic carbocycles. The maximum absolute atomic E-state index is 5.06. The molecule has 3 aromatic heterocycles. The first-order valence-electron chi connectivity index (χ1n) is 18.7. The zero-order valence-corrected chi connectivity index (χ0v) is 30.0. The maximum atomic E-state index is 5.06. The van der Waals surface area contributed by atoms with Crippen LogP contribution in [0.3, 0.4) is 0 Å². The summed E-state index contributed by atoms with van der Waals surface area (Å²) >= 11 is 0. The van der Waals surface area contributed by atoms with Crippen LogP contribution in [0.1, 0.15) is 45.2 Å². The fourth-order valence-electron chi connectivity index (χ4n) is 8.28. The Morgan fingerprint density at radius 3 is 1.00 bits per heavy atom. The molecular weight excluding hydrogens is 687 g/mol. The topological polar surface area (TPSA) is 90.2 Å². The molecule has 2 unspecified atom stereocenters. The van der Waals surface area contributed by atoms with E-state index >= 15 is 0 Å². The van der Waals surface area contributed by atoms with Gasteiger partial charge in [0.15, 0.2) is 34.9 Å². The van der Waals surface area contributed by atoms with Crippen LogP contribution in [-0.2, 0) is 0 Å². The van der Waals surface area contributed by atoms with Gasteiger partial charge in [-0.3, -0.25) is 4.98 Å². The largest absolute Gasteiger partial charge is 0.264 e. The smallest absolute Gasteiger partial charge is 0.165 e. The summed E-state index contributed by atoms with van der Waals surface area (Å²) in [6.45, 7) is 0. The molecule has 7 nitrogen and oxygen atoms in total. The summed E-state index contributed by atoms with van der Waals surface area (Å²) in [5.41, 5.74) is 13.4. The van der Waals surface area contributed by atoms with Crippen molar-refractivity contribution in [2.75, 3.05) is 0 Å². The fraction of sp³-hybridized carbons (Fsp3) is 0.0408. The number of benzene rings is 6. The Morgan fingerprint density at radius 2 is 0.607 bits per heavy atom. The molecule has 0 N–H and O–H groups in total. The molecule has 0 radical (unpaired) electrons. The highest BCUT2D eigenvalue weighted by Crippen LogP contribution is 2.56. The van der Waals surface area contributed by atoms with Crippen molar-refractivity contribution < 1.29 is 0 Å². The molecule has 0 saturated heterocycles. The van der Waals surface area contributed by atoms with Crippen molar-refractivity contribution in [1.29, 1.82) is 0 Å². The van der Waals surface area contributed by atoms with Gasteiger partial charge in [-0.05, 0) is 57.6 Å². The molecule has 6 aromatic carbocycles. The van der Waals surface area contributed by atoms with E-state index in [0.29, 0.717) is 34.9 Å². The van der Waals surface area contributed by atoms with Gasteiger partial charge in [-0.1, -0.05) is 140 Å². The molecule has 262 valence electrons. The van der Waals surface area contributed by atoms with E-state index in [1.54, 1.807) is 12.4 Å². The van der Waals surface area contributed by atoms with Crippen molar-refractivity contribution in [3.8, 4) is 68.3 Å². The molecule has 7 heteroatoms. The monoisotopic (exact) mass is 717 g/mol. The Balaban J connectivity index is 1.05. The predicted octanol–water partition coefficient (Wildman–Crippen LogP) is 10.4. The quantitative estimate of drug-likeness (QED) is 0.169. The number of pyridine rings is 1. The van der Waals surface area contributed by atoms with Crippen LogP contribution in [0.5, 0.6) is 0 Å². The van der Waals surface area contributed by atoms with Crippen molar-refractivity contribution in [3.63, 3.8) is 0 Å². The third-order valence-electron chi connectivity index (χ3n) is 10.8. The third kappa shape index (κ3) is 5.40. The Hall–Kier alpha value is -7.51. The molecule has 0 saturated carbocycles. The molecule has 56 heavy (non-hydrogen) atoms. The van der Waals surface area contributed by atoms with Crippen LogP contribution in [0.2, 0.25) is 0 Å². The van der Waals surface area contributed by atoms with Gasteiger partial charge < -0.3 is 0 Å². The second-order valence-corrected chi connectivity index (χ2v) is 14.1. The molecule has 9 aromatic rings. The van der Waals surface area contributed by atoms with Gasteiger partial charge in [-0.25, -0.2) is 29.9 Å². The van der Waals surface area contributed by atoms with Gasteiger partial charge in [-0.15, -0.1) is 0 Å². The van der Waals surface area contributed by atoms with E-state index in [2.05, 4.69) is 65.6 Å². The first-order valence-corrected chi connectivity index (χ1v) is 18.7. The van der Waals surface area contributed by atoms with Gasteiger partial charge in [0.2, 0.25) is 0 Å². The van der Waals surface area contributed by atoms with Crippen LogP contribution in [0.4, 0.5) is 0 Å². The highest BCUT2D eigenvalue weighted by molar-refractivity contribution is 5.75. The Kier molecular flexibility index (Phi) is 7.48. The van der Waals surface area contributed by atoms with Crippen molar-refractivity contribution in [2.45, 2.75) is 11.8 Å². The van der Waals surface area contributed by atoms with E-state index in [9.17, 15) is 0 Å². The molecule has 3 aliphatic rings. The highest BCUT2D eigenvalue weighted by atomic mass is 15.0. The number of hydrogen-bond donors (Lipinski definition) is 0. The zero-order chi connectivity index (χ0) is 37.0. The summed E-state index contributed by atoms with van der Waals surface area (Å²) in [5, 5.41) is 0. The van der Waals surface area contributed by atoms with Gasteiger partial charge in [0.05, 0.1) is 0 Å². The predicted molar refractivity (Wildman–Crippen MR) is 218 cm³/mol.